The van der Waals surface area contributed by atoms with E-state index in [1.54, 1.807) is 6.20 Å². The molecule has 1 aliphatic heterocycles. The second kappa shape index (κ2) is 6.15. The smallest absolute Gasteiger partial charge is 0.213 e. The Labute approximate surface area is 132 Å². The normalized spacial score (nSPS) is 26.9. The SMILES string of the molecule is CN=C(NCC1CC1(C)C)N1CCC(Oc2ccccn2)C1. The van der Waals surface area contributed by atoms with Gasteiger partial charge in [-0.15, -0.1) is 0 Å². The van der Waals surface area contributed by atoms with Gasteiger partial charge in [0.05, 0.1) is 6.54 Å². The van der Waals surface area contributed by atoms with E-state index in [1.165, 1.54) is 6.42 Å². The zero-order chi connectivity index (χ0) is 15.6. The van der Waals surface area contributed by atoms with Gasteiger partial charge in [0.15, 0.2) is 5.96 Å². The first-order valence-corrected chi connectivity index (χ1v) is 8.12. The second-order valence-corrected chi connectivity index (χ2v) is 6.96. The highest BCUT2D eigenvalue weighted by Crippen LogP contribution is 2.50. The number of guanidine groups is 1. The first kappa shape index (κ1) is 15.1. The lowest BCUT2D eigenvalue weighted by Crippen LogP contribution is -2.41. The number of nitrogens with one attached hydrogen (secondary N) is 1. The summed E-state index contributed by atoms with van der Waals surface area (Å²) in [6.07, 6.45) is 4.26. The van der Waals surface area contributed by atoms with Crippen LogP contribution in [0.1, 0.15) is 26.7 Å². The fourth-order valence-corrected chi connectivity index (χ4v) is 3.08. The van der Waals surface area contributed by atoms with E-state index in [0.717, 1.165) is 37.9 Å². The van der Waals surface area contributed by atoms with E-state index in [4.69, 9.17) is 4.74 Å². The van der Waals surface area contributed by atoms with E-state index in [1.807, 2.05) is 25.2 Å². The van der Waals surface area contributed by atoms with Crippen LogP contribution in [0.4, 0.5) is 0 Å². The van der Waals surface area contributed by atoms with Crippen LogP contribution in [0.2, 0.25) is 0 Å². The Kier molecular flexibility index (Phi) is 4.23. The van der Waals surface area contributed by atoms with Gasteiger partial charge in [-0.3, -0.25) is 4.99 Å². The molecule has 1 aromatic heterocycles. The number of hydrogen-bond donors (Lipinski definition) is 1. The summed E-state index contributed by atoms with van der Waals surface area (Å²) in [4.78, 5) is 10.9. The van der Waals surface area contributed by atoms with E-state index in [0.29, 0.717) is 11.3 Å². The molecule has 1 aliphatic carbocycles. The molecule has 2 fully saturated rings. The quantitative estimate of drug-likeness (QED) is 0.684. The van der Waals surface area contributed by atoms with Crippen molar-refractivity contribution >= 4 is 5.96 Å². The van der Waals surface area contributed by atoms with Crippen LogP contribution in [-0.2, 0) is 0 Å². The number of rotatable bonds is 4. The van der Waals surface area contributed by atoms with Crippen LogP contribution in [0.5, 0.6) is 5.88 Å². The van der Waals surface area contributed by atoms with Crippen molar-refractivity contribution in [3.05, 3.63) is 24.4 Å². The van der Waals surface area contributed by atoms with Gasteiger partial charge >= 0.3 is 0 Å². The summed E-state index contributed by atoms with van der Waals surface area (Å²) in [6.45, 7) is 7.51. The van der Waals surface area contributed by atoms with E-state index in [-0.39, 0.29) is 6.10 Å². The van der Waals surface area contributed by atoms with E-state index in [2.05, 4.69) is 34.0 Å². The largest absolute Gasteiger partial charge is 0.472 e. The Morgan fingerprint density at radius 1 is 1.50 bits per heavy atom. The first-order chi connectivity index (χ1) is 10.6. The van der Waals surface area contributed by atoms with Crippen molar-refractivity contribution in [2.75, 3.05) is 26.7 Å². The molecule has 5 heteroatoms. The second-order valence-electron chi connectivity index (χ2n) is 6.96. The monoisotopic (exact) mass is 302 g/mol. The Bertz CT molecular complexity index is 529. The molecular formula is C17H26N4O. The molecule has 0 radical (unpaired) electrons. The lowest BCUT2D eigenvalue weighted by atomic mass is 10.1. The minimum Gasteiger partial charge on any atom is -0.472 e. The van der Waals surface area contributed by atoms with E-state index < -0.39 is 0 Å². The number of hydrogen-bond acceptors (Lipinski definition) is 3. The number of ether oxygens (including phenoxy) is 1. The predicted molar refractivity (Wildman–Crippen MR) is 88.1 cm³/mol. The Morgan fingerprint density at radius 3 is 2.95 bits per heavy atom. The molecule has 1 N–H and O–H groups in total. The van der Waals surface area contributed by atoms with Crippen LogP contribution in [0.3, 0.4) is 0 Å². The summed E-state index contributed by atoms with van der Waals surface area (Å²) in [5.74, 6) is 2.47. The lowest BCUT2D eigenvalue weighted by Gasteiger charge is -2.22. The summed E-state index contributed by atoms with van der Waals surface area (Å²) in [6, 6.07) is 5.76. The third kappa shape index (κ3) is 3.51. The fraction of sp³-hybridized carbons (Fsp3) is 0.647. The molecule has 0 spiro atoms. The molecule has 2 atom stereocenters. The molecule has 120 valence electrons. The lowest BCUT2D eigenvalue weighted by molar-refractivity contribution is 0.205. The van der Waals surface area contributed by atoms with Gasteiger partial charge in [0.2, 0.25) is 5.88 Å². The summed E-state index contributed by atoms with van der Waals surface area (Å²) in [5.41, 5.74) is 0.501. The summed E-state index contributed by atoms with van der Waals surface area (Å²) in [5, 5.41) is 3.52. The van der Waals surface area contributed by atoms with Gasteiger partial charge in [0, 0.05) is 38.8 Å². The van der Waals surface area contributed by atoms with Gasteiger partial charge in [-0.25, -0.2) is 4.98 Å². The molecular weight excluding hydrogens is 276 g/mol. The third-order valence-electron chi connectivity index (χ3n) is 4.81. The fourth-order valence-electron chi connectivity index (χ4n) is 3.08. The molecule has 0 aromatic carbocycles. The Morgan fingerprint density at radius 2 is 2.32 bits per heavy atom. The van der Waals surface area contributed by atoms with Crippen LogP contribution in [0, 0.1) is 11.3 Å². The van der Waals surface area contributed by atoms with Gasteiger partial charge in [-0.05, 0) is 23.8 Å². The van der Waals surface area contributed by atoms with Crippen molar-refractivity contribution in [2.45, 2.75) is 32.8 Å². The summed E-state index contributed by atoms with van der Waals surface area (Å²) >= 11 is 0. The van der Waals surface area contributed by atoms with Crippen LogP contribution in [0.15, 0.2) is 29.4 Å². The van der Waals surface area contributed by atoms with Crippen LogP contribution in [-0.4, -0.2) is 48.6 Å². The van der Waals surface area contributed by atoms with Gasteiger partial charge in [0.1, 0.15) is 6.10 Å². The summed E-state index contributed by atoms with van der Waals surface area (Å²) < 4.78 is 5.94. The van der Waals surface area contributed by atoms with Gasteiger partial charge in [-0.2, -0.15) is 0 Å². The van der Waals surface area contributed by atoms with Gasteiger partial charge < -0.3 is 15.0 Å². The van der Waals surface area contributed by atoms with E-state index in [9.17, 15) is 0 Å². The molecule has 1 saturated carbocycles. The highest BCUT2D eigenvalue weighted by Gasteiger charge is 2.45. The van der Waals surface area contributed by atoms with Gasteiger partial charge in [0.25, 0.3) is 0 Å². The van der Waals surface area contributed by atoms with Crippen molar-refractivity contribution in [3.8, 4) is 5.88 Å². The topological polar surface area (TPSA) is 49.8 Å². The predicted octanol–water partition coefficient (Wildman–Crippen LogP) is 2.16. The molecule has 1 aromatic rings. The van der Waals surface area contributed by atoms with Crippen LogP contribution >= 0.6 is 0 Å². The molecule has 2 aliphatic rings. The molecule has 22 heavy (non-hydrogen) atoms. The molecule has 0 amide bonds. The highest BCUT2D eigenvalue weighted by molar-refractivity contribution is 5.80. The summed E-state index contributed by atoms with van der Waals surface area (Å²) in [7, 11) is 1.85. The number of aromatic nitrogens is 1. The van der Waals surface area contributed by atoms with Crippen molar-refractivity contribution in [2.24, 2.45) is 16.3 Å². The standard InChI is InChI=1S/C17H26N4O/c1-17(2)10-13(17)11-20-16(18-3)21-9-7-14(12-21)22-15-6-4-5-8-19-15/h4-6,8,13-14H,7,9-12H2,1-3H3,(H,18,20). The van der Waals surface area contributed by atoms with E-state index >= 15 is 0 Å². The molecule has 3 rings (SSSR count). The average molecular weight is 302 g/mol. The average Bonchev–Trinajstić information content (AvgIpc) is 2.90. The third-order valence-corrected chi connectivity index (χ3v) is 4.81. The van der Waals surface area contributed by atoms with Gasteiger partial charge in [-0.1, -0.05) is 19.9 Å². The maximum absolute atomic E-state index is 5.94. The molecule has 5 nitrogen and oxygen atoms in total. The minimum absolute atomic E-state index is 0.186. The zero-order valence-electron chi connectivity index (χ0n) is 13.7. The zero-order valence-corrected chi connectivity index (χ0v) is 13.7. The number of nitrogens with zero attached hydrogens (tertiary/aromatic N) is 3. The molecule has 1 saturated heterocycles. The molecule has 0 bridgehead atoms. The number of pyridine rings is 1. The van der Waals surface area contributed by atoms with Crippen LogP contribution < -0.4 is 10.1 Å². The first-order valence-electron chi connectivity index (χ1n) is 8.12. The molecule has 2 unspecified atom stereocenters. The van der Waals surface area contributed by atoms with Crippen LogP contribution in [0.25, 0.3) is 0 Å². The number of aliphatic imine (C=N–C) groups is 1. The number of likely N-dealkylation sites (tertiary alicyclic amines) is 1. The Hall–Kier alpha value is -1.78. The Balaban J connectivity index is 1.48. The molecule has 2 heterocycles. The van der Waals surface area contributed by atoms with Crippen molar-refractivity contribution in [1.82, 2.24) is 15.2 Å². The highest BCUT2D eigenvalue weighted by atomic mass is 16.5. The minimum atomic E-state index is 0.186. The maximum atomic E-state index is 5.94. The van der Waals surface area contributed by atoms with Crippen molar-refractivity contribution in [1.29, 1.82) is 0 Å². The van der Waals surface area contributed by atoms with Crippen molar-refractivity contribution < 1.29 is 4.74 Å². The maximum Gasteiger partial charge on any atom is 0.213 e. The van der Waals surface area contributed by atoms with Crippen molar-refractivity contribution in [3.63, 3.8) is 0 Å².